The molecule has 0 saturated carbocycles. The SMILES string of the molecule is CC(C)(C)OC(=O)N(Br)c1ccc2ccc(OS(C)(=O)=O)cc2c1. The number of rotatable bonds is 3. The van der Waals surface area contributed by atoms with Crippen LogP contribution >= 0.6 is 16.1 Å². The summed E-state index contributed by atoms with van der Waals surface area (Å²) in [5, 5.41) is 1.60. The lowest BCUT2D eigenvalue weighted by Gasteiger charge is -2.23. The van der Waals surface area contributed by atoms with E-state index in [4.69, 9.17) is 8.92 Å². The van der Waals surface area contributed by atoms with Gasteiger partial charge in [-0.25, -0.2) is 8.72 Å². The minimum absolute atomic E-state index is 0.209. The first-order chi connectivity index (χ1) is 10.9. The first-order valence-corrected chi connectivity index (χ1v) is 9.59. The minimum atomic E-state index is -3.60. The molecule has 0 fully saturated rings. The van der Waals surface area contributed by atoms with Crippen LogP contribution in [-0.4, -0.2) is 26.4 Å². The number of hydrogen-bond acceptors (Lipinski definition) is 5. The van der Waals surface area contributed by atoms with Crippen molar-refractivity contribution in [1.82, 2.24) is 0 Å². The maximum absolute atomic E-state index is 12.1. The molecule has 0 aliphatic rings. The highest BCUT2D eigenvalue weighted by Gasteiger charge is 2.22. The maximum atomic E-state index is 12.1. The first-order valence-electron chi connectivity index (χ1n) is 7.07. The topological polar surface area (TPSA) is 72.9 Å². The summed E-state index contributed by atoms with van der Waals surface area (Å²) in [5.74, 6) is 0.209. The van der Waals surface area contributed by atoms with E-state index in [9.17, 15) is 13.2 Å². The number of nitrogens with zero attached hydrogens (tertiary/aromatic N) is 1. The second kappa shape index (κ2) is 6.60. The molecule has 0 spiro atoms. The van der Waals surface area contributed by atoms with Crippen LogP contribution in [0.15, 0.2) is 36.4 Å². The number of carbonyl (C=O) groups is 1. The zero-order valence-electron chi connectivity index (χ0n) is 13.7. The average Bonchev–Trinajstić information content (AvgIpc) is 2.42. The molecule has 0 saturated heterocycles. The van der Waals surface area contributed by atoms with Crippen LogP contribution < -0.4 is 8.11 Å². The van der Waals surface area contributed by atoms with E-state index >= 15 is 0 Å². The second-order valence-corrected chi connectivity index (χ2v) is 8.53. The largest absolute Gasteiger partial charge is 0.443 e. The van der Waals surface area contributed by atoms with Gasteiger partial charge in [-0.3, -0.25) is 0 Å². The van der Waals surface area contributed by atoms with Crippen molar-refractivity contribution in [2.24, 2.45) is 0 Å². The number of carbonyl (C=O) groups excluding carboxylic acids is 1. The molecule has 2 rings (SSSR count). The Morgan fingerprint density at radius 3 is 2.29 bits per heavy atom. The van der Waals surface area contributed by atoms with E-state index in [-0.39, 0.29) is 5.75 Å². The summed E-state index contributed by atoms with van der Waals surface area (Å²) in [6.07, 6.45) is 0.432. The van der Waals surface area contributed by atoms with E-state index in [0.717, 1.165) is 17.0 Å². The standard InChI is InChI=1S/C16H18BrNO5S/c1-16(2,3)22-15(19)18(17)13-7-5-11-6-8-14(10-12(11)9-13)23-24(4,20)21/h5-10H,1-4H3. The van der Waals surface area contributed by atoms with Gasteiger partial charge in [0.1, 0.15) is 11.4 Å². The zero-order chi connectivity index (χ0) is 18.1. The Morgan fingerprint density at radius 1 is 1.08 bits per heavy atom. The monoisotopic (exact) mass is 415 g/mol. The number of hydrogen-bond donors (Lipinski definition) is 0. The van der Waals surface area contributed by atoms with Gasteiger partial charge in [0.25, 0.3) is 0 Å². The summed E-state index contributed by atoms with van der Waals surface area (Å²) in [5.41, 5.74) is -0.0653. The van der Waals surface area contributed by atoms with Gasteiger partial charge < -0.3 is 8.92 Å². The fourth-order valence-electron chi connectivity index (χ4n) is 1.97. The molecule has 0 atom stereocenters. The van der Waals surface area contributed by atoms with Crippen molar-refractivity contribution in [2.45, 2.75) is 26.4 Å². The van der Waals surface area contributed by atoms with Crippen molar-refractivity contribution >= 4 is 48.8 Å². The lowest BCUT2D eigenvalue weighted by molar-refractivity contribution is 0.0614. The normalized spacial score (nSPS) is 12.0. The number of fused-ring (bicyclic) bond motifs is 1. The lowest BCUT2D eigenvalue weighted by atomic mass is 10.1. The van der Waals surface area contributed by atoms with Gasteiger partial charge in [-0.2, -0.15) is 8.42 Å². The summed E-state index contributed by atoms with van der Waals surface area (Å²) >= 11 is 3.19. The number of amides is 1. The Kier molecular flexibility index (Phi) is 5.10. The third kappa shape index (κ3) is 5.10. The highest BCUT2D eigenvalue weighted by atomic mass is 79.9. The quantitative estimate of drug-likeness (QED) is 0.553. The summed E-state index contributed by atoms with van der Waals surface area (Å²) in [7, 11) is -3.60. The van der Waals surface area contributed by atoms with E-state index in [1.807, 2.05) is 6.07 Å². The zero-order valence-corrected chi connectivity index (χ0v) is 16.1. The molecule has 24 heavy (non-hydrogen) atoms. The third-order valence-electron chi connectivity index (χ3n) is 2.82. The van der Waals surface area contributed by atoms with Gasteiger partial charge >= 0.3 is 16.2 Å². The third-order valence-corrected chi connectivity index (χ3v) is 4.02. The molecule has 0 aliphatic heterocycles. The smallest absolute Gasteiger partial charge is 0.425 e. The van der Waals surface area contributed by atoms with E-state index in [1.165, 1.54) is 3.93 Å². The predicted octanol–water partition coefficient (Wildman–Crippen LogP) is 4.23. The molecule has 0 bridgehead atoms. The van der Waals surface area contributed by atoms with Gasteiger partial charge in [-0.15, -0.1) is 0 Å². The van der Waals surface area contributed by atoms with Gasteiger partial charge in [-0.05, 0) is 55.8 Å². The molecule has 6 nitrogen and oxygen atoms in total. The Hall–Kier alpha value is -1.80. The summed E-state index contributed by atoms with van der Waals surface area (Å²) in [6.45, 7) is 5.34. The highest BCUT2D eigenvalue weighted by Crippen LogP contribution is 2.28. The summed E-state index contributed by atoms with van der Waals surface area (Å²) < 4.78 is 33.9. The molecule has 0 N–H and O–H groups in total. The van der Waals surface area contributed by atoms with Crippen LogP contribution in [0.1, 0.15) is 20.8 Å². The van der Waals surface area contributed by atoms with Crippen molar-refractivity contribution in [3.05, 3.63) is 36.4 Å². The van der Waals surface area contributed by atoms with Gasteiger partial charge in [-0.1, -0.05) is 12.1 Å². The number of benzene rings is 2. The van der Waals surface area contributed by atoms with Crippen LogP contribution in [0, 0.1) is 0 Å². The van der Waals surface area contributed by atoms with Crippen LogP contribution in [0.3, 0.4) is 0 Å². The van der Waals surface area contributed by atoms with Crippen molar-refractivity contribution < 1.29 is 22.1 Å². The average molecular weight is 416 g/mol. The van der Waals surface area contributed by atoms with Crippen molar-refractivity contribution in [2.75, 3.05) is 10.2 Å². The molecule has 2 aromatic carbocycles. The molecule has 2 aromatic rings. The molecule has 0 heterocycles. The molecular weight excluding hydrogens is 398 g/mol. The molecule has 0 unspecified atom stereocenters. The molecular formula is C16H18BrNO5S. The van der Waals surface area contributed by atoms with Crippen LogP contribution in [0.5, 0.6) is 5.75 Å². The molecule has 130 valence electrons. The molecule has 1 amide bonds. The molecule has 8 heteroatoms. The number of ether oxygens (including phenoxy) is 1. The fourth-order valence-corrected chi connectivity index (χ4v) is 2.71. The second-order valence-electron chi connectivity index (χ2n) is 6.24. The summed E-state index contributed by atoms with van der Waals surface area (Å²) in [4.78, 5) is 12.1. The van der Waals surface area contributed by atoms with Gasteiger partial charge in [0, 0.05) is 0 Å². The van der Waals surface area contributed by atoms with Gasteiger partial charge in [0.2, 0.25) is 0 Å². The predicted molar refractivity (Wildman–Crippen MR) is 97.1 cm³/mol. The number of anilines is 1. The van der Waals surface area contributed by atoms with Crippen molar-refractivity contribution in [3.63, 3.8) is 0 Å². The Balaban J connectivity index is 2.33. The Labute approximate surface area is 149 Å². The van der Waals surface area contributed by atoms with E-state index in [1.54, 1.807) is 51.1 Å². The molecule has 0 aliphatic carbocycles. The van der Waals surface area contributed by atoms with Crippen molar-refractivity contribution in [1.29, 1.82) is 0 Å². The minimum Gasteiger partial charge on any atom is -0.443 e. The van der Waals surface area contributed by atoms with E-state index < -0.39 is 21.8 Å². The van der Waals surface area contributed by atoms with Crippen LogP contribution in [0.25, 0.3) is 10.8 Å². The van der Waals surface area contributed by atoms with Crippen molar-refractivity contribution in [3.8, 4) is 5.75 Å². The van der Waals surface area contributed by atoms with Gasteiger partial charge in [0.15, 0.2) is 0 Å². The summed E-state index contributed by atoms with van der Waals surface area (Å²) in [6, 6.07) is 10.2. The van der Waals surface area contributed by atoms with Crippen LogP contribution in [-0.2, 0) is 14.9 Å². The van der Waals surface area contributed by atoms with E-state index in [0.29, 0.717) is 5.69 Å². The first kappa shape index (κ1) is 18.5. The fraction of sp³-hybridized carbons (Fsp3) is 0.312. The van der Waals surface area contributed by atoms with E-state index in [2.05, 4.69) is 16.1 Å². The van der Waals surface area contributed by atoms with Gasteiger partial charge in [0.05, 0.1) is 28.1 Å². The molecule has 0 radical (unpaired) electrons. The van der Waals surface area contributed by atoms with Crippen LogP contribution in [0.2, 0.25) is 0 Å². The lowest BCUT2D eigenvalue weighted by Crippen LogP contribution is -2.30. The highest BCUT2D eigenvalue weighted by molar-refractivity contribution is 9.10. The Bertz CT molecular complexity index is 874. The number of halogens is 1. The molecule has 0 aromatic heterocycles. The van der Waals surface area contributed by atoms with Crippen LogP contribution in [0.4, 0.5) is 10.5 Å². The Morgan fingerprint density at radius 2 is 1.71 bits per heavy atom. The maximum Gasteiger partial charge on any atom is 0.425 e.